The van der Waals surface area contributed by atoms with Crippen molar-refractivity contribution in [3.05, 3.63) is 0 Å². The van der Waals surface area contributed by atoms with Crippen molar-refractivity contribution in [2.24, 2.45) is 10.8 Å². The molecule has 0 fully saturated rings. The first-order chi connectivity index (χ1) is 8.44. The normalized spacial score (nSPS) is 12.5. The van der Waals surface area contributed by atoms with E-state index in [1.54, 1.807) is 41.5 Å². The van der Waals surface area contributed by atoms with Crippen LogP contribution in [-0.4, -0.2) is 24.4 Å². The van der Waals surface area contributed by atoms with Gasteiger partial charge in [-0.1, -0.05) is 0 Å². The summed E-state index contributed by atoms with van der Waals surface area (Å²) in [6.07, 6.45) is 0. The van der Waals surface area contributed by atoms with Crippen LogP contribution in [0.15, 0.2) is 0 Å². The number of hydrogen-bond acceptors (Lipinski definition) is 6. The SMILES string of the molecule is CC(C)(C)C(=O)OCOPC(=O)OC(=O)C(C)(C)C. The smallest absolute Gasteiger partial charge is 0.358 e. The molecule has 6 nitrogen and oxygen atoms in total. The average molecular weight is 292 g/mol. The highest BCUT2D eigenvalue weighted by atomic mass is 31.1. The van der Waals surface area contributed by atoms with E-state index in [1.165, 1.54) is 0 Å². The highest BCUT2D eigenvalue weighted by molar-refractivity contribution is 7.52. The van der Waals surface area contributed by atoms with Crippen molar-refractivity contribution in [2.75, 3.05) is 6.79 Å². The zero-order valence-electron chi connectivity index (χ0n) is 12.2. The van der Waals surface area contributed by atoms with Crippen LogP contribution >= 0.6 is 8.81 Å². The third-order valence-corrected chi connectivity index (χ3v) is 2.35. The molecule has 0 aliphatic rings. The molecule has 0 aliphatic heterocycles. The molecule has 110 valence electrons. The molecule has 0 aromatic rings. The first kappa shape index (κ1) is 18.0. The summed E-state index contributed by atoms with van der Waals surface area (Å²) in [5, 5.41) is 0. The van der Waals surface area contributed by atoms with Gasteiger partial charge in [0.2, 0.25) is 0 Å². The molecule has 0 saturated heterocycles. The van der Waals surface area contributed by atoms with Crippen molar-refractivity contribution >= 4 is 26.5 Å². The average Bonchev–Trinajstić information content (AvgIpc) is 2.21. The number of carbonyl (C=O) groups excluding carboxylic acids is 3. The molecule has 0 amide bonds. The van der Waals surface area contributed by atoms with Gasteiger partial charge in [-0.05, 0) is 41.5 Å². The van der Waals surface area contributed by atoms with E-state index in [1.807, 2.05) is 0 Å². The monoisotopic (exact) mass is 292 g/mol. The maximum atomic E-state index is 11.4. The van der Waals surface area contributed by atoms with Gasteiger partial charge < -0.3 is 14.0 Å². The number of hydrogen-bond donors (Lipinski definition) is 0. The second-order valence-electron chi connectivity index (χ2n) is 5.97. The largest absolute Gasteiger partial charge is 0.438 e. The van der Waals surface area contributed by atoms with E-state index in [2.05, 4.69) is 4.74 Å². The molecule has 0 radical (unpaired) electrons. The first-order valence-electron chi connectivity index (χ1n) is 5.76. The lowest BCUT2D eigenvalue weighted by Crippen LogP contribution is -2.24. The van der Waals surface area contributed by atoms with Crippen molar-refractivity contribution in [3.8, 4) is 0 Å². The van der Waals surface area contributed by atoms with Gasteiger partial charge in [-0.3, -0.25) is 9.59 Å². The standard InChI is InChI=1S/C12H21O6P/c1-11(2,3)8(13)16-7-17-19-10(15)18-9(14)12(4,5)6/h19H,7H2,1-6H3. The van der Waals surface area contributed by atoms with Gasteiger partial charge in [0.15, 0.2) is 6.79 Å². The van der Waals surface area contributed by atoms with Crippen molar-refractivity contribution in [3.63, 3.8) is 0 Å². The van der Waals surface area contributed by atoms with E-state index in [9.17, 15) is 14.4 Å². The Hall–Kier alpha value is -1.00. The maximum absolute atomic E-state index is 11.4. The third-order valence-electron chi connectivity index (χ3n) is 1.81. The zero-order valence-corrected chi connectivity index (χ0v) is 13.2. The fourth-order valence-corrected chi connectivity index (χ4v) is 1.02. The van der Waals surface area contributed by atoms with Gasteiger partial charge in [0.05, 0.1) is 10.8 Å². The summed E-state index contributed by atoms with van der Waals surface area (Å²) in [6, 6.07) is 0. The van der Waals surface area contributed by atoms with Crippen molar-refractivity contribution in [2.45, 2.75) is 41.5 Å². The van der Waals surface area contributed by atoms with Gasteiger partial charge in [0.25, 0.3) is 0 Å². The van der Waals surface area contributed by atoms with Crippen molar-refractivity contribution in [1.29, 1.82) is 0 Å². The first-order valence-corrected chi connectivity index (χ1v) is 6.66. The van der Waals surface area contributed by atoms with E-state index in [0.29, 0.717) is 0 Å². The number of rotatable bonds is 4. The summed E-state index contributed by atoms with van der Waals surface area (Å²) >= 11 is 0. The van der Waals surface area contributed by atoms with Crippen LogP contribution in [0.1, 0.15) is 41.5 Å². The molecular formula is C12H21O6P. The van der Waals surface area contributed by atoms with Crippen LogP contribution in [0, 0.1) is 10.8 Å². The minimum Gasteiger partial charge on any atom is -0.438 e. The van der Waals surface area contributed by atoms with Gasteiger partial charge in [0.1, 0.15) is 8.81 Å². The van der Waals surface area contributed by atoms with E-state index in [-0.39, 0.29) is 6.79 Å². The lowest BCUT2D eigenvalue weighted by Gasteiger charge is -2.16. The third kappa shape index (κ3) is 7.90. The lowest BCUT2D eigenvalue weighted by molar-refractivity contribution is -0.159. The van der Waals surface area contributed by atoms with Crippen LogP contribution in [0.4, 0.5) is 4.79 Å². The number of ether oxygens (including phenoxy) is 2. The molecule has 0 saturated carbocycles. The molecule has 1 unspecified atom stereocenters. The number of esters is 2. The minimum absolute atomic E-state index is 0.340. The van der Waals surface area contributed by atoms with E-state index in [0.717, 1.165) is 0 Å². The Morgan fingerprint density at radius 3 is 1.79 bits per heavy atom. The summed E-state index contributed by atoms with van der Waals surface area (Å²) in [4.78, 5) is 34.0. The molecular weight excluding hydrogens is 271 g/mol. The molecule has 0 heterocycles. The highest BCUT2D eigenvalue weighted by Crippen LogP contribution is 2.22. The van der Waals surface area contributed by atoms with Crippen LogP contribution in [0.3, 0.4) is 0 Å². The van der Waals surface area contributed by atoms with Gasteiger partial charge in [0, 0.05) is 0 Å². The van der Waals surface area contributed by atoms with E-state index >= 15 is 0 Å². The van der Waals surface area contributed by atoms with Crippen LogP contribution < -0.4 is 0 Å². The van der Waals surface area contributed by atoms with E-state index in [4.69, 9.17) is 9.26 Å². The predicted octanol–water partition coefficient (Wildman–Crippen LogP) is 2.85. The van der Waals surface area contributed by atoms with Crippen LogP contribution in [0.5, 0.6) is 0 Å². The van der Waals surface area contributed by atoms with Crippen LogP contribution in [0.25, 0.3) is 0 Å². The Balaban J connectivity index is 3.89. The molecule has 0 aromatic carbocycles. The van der Waals surface area contributed by atoms with Gasteiger partial charge in [-0.2, -0.15) is 0 Å². The molecule has 7 heteroatoms. The predicted molar refractivity (Wildman–Crippen MR) is 70.8 cm³/mol. The van der Waals surface area contributed by atoms with Crippen molar-refractivity contribution < 1.29 is 28.4 Å². The minimum atomic E-state index is -0.785. The summed E-state index contributed by atoms with van der Waals surface area (Å²) < 4.78 is 14.2. The Labute approximate surface area is 115 Å². The summed E-state index contributed by atoms with van der Waals surface area (Å²) in [7, 11) is -0.698. The fourth-order valence-electron chi connectivity index (χ4n) is 0.646. The summed E-state index contributed by atoms with van der Waals surface area (Å²) in [5.74, 6) is -1.06. The maximum Gasteiger partial charge on any atom is 0.358 e. The second kappa shape index (κ2) is 6.96. The topological polar surface area (TPSA) is 78.9 Å². The molecule has 0 spiro atoms. The Morgan fingerprint density at radius 1 is 0.895 bits per heavy atom. The quantitative estimate of drug-likeness (QED) is 0.261. The Kier molecular flexibility index (Phi) is 6.60. The van der Waals surface area contributed by atoms with Gasteiger partial charge >= 0.3 is 17.6 Å². The fraction of sp³-hybridized carbons (Fsp3) is 0.750. The van der Waals surface area contributed by atoms with E-state index < -0.39 is 37.3 Å². The van der Waals surface area contributed by atoms with Crippen LogP contribution in [-0.2, 0) is 23.6 Å². The molecule has 0 aliphatic carbocycles. The highest BCUT2D eigenvalue weighted by Gasteiger charge is 2.26. The zero-order chi connectivity index (χ0) is 15.3. The molecule has 0 N–H and O–H groups in total. The second-order valence-corrected chi connectivity index (χ2v) is 6.87. The molecule has 0 rings (SSSR count). The number of carbonyl (C=O) groups is 3. The molecule has 0 bridgehead atoms. The molecule has 1 atom stereocenters. The Bertz CT molecular complexity index is 350. The summed E-state index contributed by atoms with van der Waals surface area (Å²) in [5.41, 5.74) is -2.17. The van der Waals surface area contributed by atoms with Gasteiger partial charge in [-0.15, -0.1) is 0 Å². The van der Waals surface area contributed by atoms with Gasteiger partial charge in [-0.25, -0.2) is 4.79 Å². The summed E-state index contributed by atoms with van der Waals surface area (Å²) in [6.45, 7) is 9.68. The van der Waals surface area contributed by atoms with Crippen LogP contribution in [0.2, 0.25) is 0 Å². The van der Waals surface area contributed by atoms with Crippen molar-refractivity contribution in [1.82, 2.24) is 0 Å². The molecule has 19 heavy (non-hydrogen) atoms. The Morgan fingerprint density at radius 2 is 1.37 bits per heavy atom. The molecule has 0 aromatic heterocycles. The lowest BCUT2D eigenvalue weighted by atomic mass is 9.98.